The van der Waals surface area contributed by atoms with E-state index >= 15 is 0 Å². The van der Waals surface area contributed by atoms with Crippen LogP contribution in [0, 0.1) is 6.92 Å². The lowest BCUT2D eigenvalue weighted by Gasteiger charge is -1.96. The Morgan fingerprint density at radius 3 is 2.70 bits per heavy atom. The average molecular weight is 175 g/mol. The minimum absolute atomic E-state index is 0.511. The van der Waals surface area contributed by atoms with Crippen molar-refractivity contribution in [3.63, 3.8) is 0 Å². The van der Waals surface area contributed by atoms with Gasteiger partial charge in [0.2, 0.25) is 0 Å². The van der Waals surface area contributed by atoms with Crippen molar-refractivity contribution in [2.24, 2.45) is 0 Å². The predicted molar refractivity (Wildman–Crippen MR) is 43.6 cm³/mol. The molecule has 0 aliphatic carbocycles. The molecule has 0 spiro atoms. The monoisotopic (exact) mass is 174 g/mol. The van der Waals surface area contributed by atoms with Gasteiger partial charge in [-0.05, 0) is 13.2 Å². The molecule has 0 fully saturated rings. The molecule has 2 nitrogen and oxygen atoms in total. The van der Waals surface area contributed by atoms with E-state index in [0.29, 0.717) is 5.15 Å². The summed E-state index contributed by atoms with van der Waals surface area (Å²) < 4.78 is 0. The molecule has 0 bridgehead atoms. The van der Waals surface area contributed by atoms with Gasteiger partial charge in [-0.25, -0.2) is 9.97 Å². The first-order valence-corrected chi connectivity index (χ1v) is 4.38. The highest BCUT2D eigenvalue weighted by molar-refractivity contribution is 7.98. The van der Waals surface area contributed by atoms with Crippen molar-refractivity contribution in [2.45, 2.75) is 11.9 Å². The molecule has 0 atom stereocenters. The van der Waals surface area contributed by atoms with Crippen LogP contribution in [-0.4, -0.2) is 16.2 Å². The zero-order valence-electron chi connectivity index (χ0n) is 5.76. The molecule has 4 heteroatoms. The highest BCUT2D eigenvalue weighted by atomic mass is 35.5. The average Bonchev–Trinajstić information content (AvgIpc) is 1.85. The van der Waals surface area contributed by atoms with E-state index in [-0.39, 0.29) is 0 Å². The first-order valence-electron chi connectivity index (χ1n) is 2.77. The molecular weight excluding hydrogens is 168 g/mol. The summed E-state index contributed by atoms with van der Waals surface area (Å²) in [5, 5.41) is 1.43. The topological polar surface area (TPSA) is 25.8 Å². The molecule has 0 aliphatic rings. The maximum atomic E-state index is 5.66. The van der Waals surface area contributed by atoms with Gasteiger partial charge >= 0.3 is 0 Å². The fraction of sp³-hybridized carbons (Fsp3) is 0.333. The van der Waals surface area contributed by atoms with Crippen LogP contribution in [0.5, 0.6) is 0 Å². The third-order valence-electron chi connectivity index (χ3n) is 0.992. The number of hydrogen-bond acceptors (Lipinski definition) is 3. The van der Waals surface area contributed by atoms with Crippen molar-refractivity contribution in [1.82, 2.24) is 9.97 Å². The van der Waals surface area contributed by atoms with Crippen LogP contribution >= 0.6 is 23.4 Å². The summed E-state index contributed by atoms with van der Waals surface area (Å²) in [5.41, 5.74) is 0. The van der Waals surface area contributed by atoms with Crippen LogP contribution in [-0.2, 0) is 0 Å². The van der Waals surface area contributed by atoms with Crippen LogP contribution in [0.25, 0.3) is 0 Å². The Bertz CT molecular complexity index is 219. The Balaban J connectivity index is 3.06. The van der Waals surface area contributed by atoms with Gasteiger partial charge in [0.1, 0.15) is 16.0 Å². The van der Waals surface area contributed by atoms with Crippen LogP contribution in [0.15, 0.2) is 11.1 Å². The van der Waals surface area contributed by atoms with Gasteiger partial charge in [0.15, 0.2) is 0 Å². The predicted octanol–water partition coefficient (Wildman–Crippen LogP) is 2.16. The Morgan fingerprint density at radius 2 is 2.20 bits per heavy atom. The second-order valence-corrected chi connectivity index (χ2v) is 2.99. The number of halogens is 1. The maximum absolute atomic E-state index is 5.66. The molecular formula is C6H7ClN2S. The number of nitrogens with zero attached hydrogens (tertiary/aromatic N) is 2. The van der Waals surface area contributed by atoms with E-state index < -0.39 is 0 Å². The molecule has 0 radical (unpaired) electrons. The van der Waals surface area contributed by atoms with Gasteiger partial charge in [0, 0.05) is 6.07 Å². The van der Waals surface area contributed by atoms with Crippen molar-refractivity contribution in [3.05, 3.63) is 17.0 Å². The highest BCUT2D eigenvalue weighted by Crippen LogP contribution is 2.14. The summed E-state index contributed by atoms with van der Waals surface area (Å²) in [6, 6.07) is 1.75. The van der Waals surface area contributed by atoms with E-state index in [9.17, 15) is 0 Å². The Morgan fingerprint density at radius 1 is 1.50 bits per heavy atom. The third kappa shape index (κ3) is 1.85. The summed E-state index contributed by atoms with van der Waals surface area (Å²) in [7, 11) is 0. The fourth-order valence-corrected chi connectivity index (χ4v) is 1.35. The first-order chi connectivity index (χ1) is 4.72. The molecule has 10 heavy (non-hydrogen) atoms. The molecule has 0 amide bonds. The second kappa shape index (κ2) is 3.21. The zero-order chi connectivity index (χ0) is 7.56. The molecule has 1 heterocycles. The molecule has 0 aromatic carbocycles. The van der Waals surface area contributed by atoms with Gasteiger partial charge in [0.25, 0.3) is 0 Å². The van der Waals surface area contributed by atoms with Crippen molar-refractivity contribution >= 4 is 23.4 Å². The Hall–Kier alpha value is -0.280. The summed E-state index contributed by atoms with van der Waals surface area (Å²) in [6.07, 6.45) is 1.96. The number of rotatable bonds is 1. The minimum Gasteiger partial charge on any atom is -0.227 e. The highest BCUT2D eigenvalue weighted by Gasteiger charge is 1.96. The van der Waals surface area contributed by atoms with Gasteiger partial charge in [-0.15, -0.1) is 11.8 Å². The van der Waals surface area contributed by atoms with Crippen molar-refractivity contribution in [2.75, 3.05) is 6.26 Å². The van der Waals surface area contributed by atoms with Crippen molar-refractivity contribution in [1.29, 1.82) is 0 Å². The van der Waals surface area contributed by atoms with Crippen LogP contribution in [0.4, 0.5) is 0 Å². The SMILES string of the molecule is CSc1cc(Cl)nc(C)n1. The van der Waals surface area contributed by atoms with E-state index in [1.54, 1.807) is 17.8 Å². The molecule has 0 aliphatic heterocycles. The standard InChI is InChI=1S/C6H7ClN2S/c1-4-8-5(7)3-6(9-4)10-2/h3H,1-2H3. The van der Waals surface area contributed by atoms with Gasteiger partial charge in [-0.3, -0.25) is 0 Å². The van der Waals surface area contributed by atoms with Gasteiger partial charge in [0.05, 0.1) is 0 Å². The minimum atomic E-state index is 0.511. The van der Waals surface area contributed by atoms with E-state index in [1.807, 2.05) is 13.2 Å². The van der Waals surface area contributed by atoms with Gasteiger partial charge in [-0.1, -0.05) is 11.6 Å². The summed E-state index contributed by atoms with van der Waals surface area (Å²) >= 11 is 7.23. The number of aryl methyl sites for hydroxylation is 1. The summed E-state index contributed by atoms with van der Waals surface area (Å²) in [4.78, 5) is 8.04. The Labute approximate surface area is 69.0 Å². The van der Waals surface area contributed by atoms with E-state index in [0.717, 1.165) is 10.9 Å². The van der Waals surface area contributed by atoms with Crippen molar-refractivity contribution in [3.8, 4) is 0 Å². The van der Waals surface area contributed by atoms with E-state index in [1.165, 1.54) is 0 Å². The smallest absolute Gasteiger partial charge is 0.133 e. The summed E-state index contributed by atoms with van der Waals surface area (Å²) in [6.45, 7) is 1.82. The number of thioether (sulfide) groups is 1. The fourth-order valence-electron chi connectivity index (χ4n) is 0.610. The third-order valence-corrected chi connectivity index (χ3v) is 1.81. The molecule has 0 unspecified atom stereocenters. The van der Waals surface area contributed by atoms with Crippen LogP contribution < -0.4 is 0 Å². The molecule has 0 N–H and O–H groups in total. The van der Waals surface area contributed by atoms with Crippen LogP contribution in [0.2, 0.25) is 5.15 Å². The van der Waals surface area contributed by atoms with E-state index in [4.69, 9.17) is 11.6 Å². The molecule has 0 saturated heterocycles. The molecule has 1 aromatic heterocycles. The normalized spacial score (nSPS) is 9.90. The molecule has 0 saturated carbocycles. The van der Waals surface area contributed by atoms with Gasteiger partial charge < -0.3 is 0 Å². The number of hydrogen-bond donors (Lipinski definition) is 0. The Kier molecular flexibility index (Phi) is 2.51. The first kappa shape index (κ1) is 7.82. The molecule has 54 valence electrons. The quantitative estimate of drug-likeness (QED) is 0.482. The lowest BCUT2D eigenvalue weighted by Crippen LogP contribution is -1.88. The second-order valence-electron chi connectivity index (χ2n) is 1.78. The lowest BCUT2D eigenvalue weighted by atomic mass is 10.6. The molecule has 1 rings (SSSR count). The van der Waals surface area contributed by atoms with Crippen molar-refractivity contribution < 1.29 is 0 Å². The van der Waals surface area contributed by atoms with Crippen LogP contribution in [0.1, 0.15) is 5.82 Å². The van der Waals surface area contributed by atoms with Gasteiger partial charge in [-0.2, -0.15) is 0 Å². The zero-order valence-corrected chi connectivity index (χ0v) is 7.33. The molecule has 1 aromatic rings. The van der Waals surface area contributed by atoms with E-state index in [2.05, 4.69) is 9.97 Å². The largest absolute Gasteiger partial charge is 0.227 e. The van der Waals surface area contributed by atoms with Crippen LogP contribution in [0.3, 0.4) is 0 Å². The number of aromatic nitrogens is 2. The lowest BCUT2D eigenvalue weighted by molar-refractivity contribution is 0.970. The summed E-state index contributed by atoms with van der Waals surface area (Å²) in [5.74, 6) is 0.719. The maximum Gasteiger partial charge on any atom is 0.133 e.